The van der Waals surface area contributed by atoms with E-state index in [4.69, 9.17) is 34.3 Å². The summed E-state index contributed by atoms with van der Waals surface area (Å²) in [5, 5.41) is 0. The minimum absolute atomic E-state index is 0.0348. The predicted octanol–water partition coefficient (Wildman–Crippen LogP) is -0.697. The van der Waals surface area contributed by atoms with E-state index in [2.05, 4.69) is 19.3 Å². The smallest absolute Gasteiger partial charge is 0.369 e. The van der Waals surface area contributed by atoms with Crippen LogP contribution >= 0.6 is 15.6 Å². The van der Waals surface area contributed by atoms with Gasteiger partial charge in [-0.3, -0.25) is 18.9 Å². The standard InChI is InChI=1S/C12H17N5O11P2/c1-12(2)25-5-6(26-12)10(27-30(22,23)28-29(19,20)21)24-9(5)17-3-14-4-7(17)15-11(13)16-8(4)18/h3,5-6,9-10H,1-2H3,(H,22,23)(H2,19,20,21)(H3,13,15,16,18)/t5?,6?,9-,10-/m1/s1. The Kier molecular flexibility index (Phi) is 4.95. The fourth-order valence-corrected chi connectivity index (χ4v) is 4.92. The van der Waals surface area contributed by atoms with E-state index >= 15 is 0 Å². The number of phosphoric acid groups is 2. The third-order valence-electron chi connectivity index (χ3n) is 4.16. The van der Waals surface area contributed by atoms with Gasteiger partial charge in [-0.15, -0.1) is 0 Å². The molecule has 2 saturated heterocycles. The number of anilines is 1. The summed E-state index contributed by atoms with van der Waals surface area (Å²) >= 11 is 0. The Hall–Kier alpha value is -1.71. The number of phosphoric ester groups is 1. The van der Waals surface area contributed by atoms with Gasteiger partial charge in [0.1, 0.15) is 12.2 Å². The third kappa shape index (κ3) is 4.07. The fourth-order valence-electron chi connectivity index (χ4n) is 3.26. The minimum Gasteiger partial charge on any atom is -0.369 e. The molecule has 2 aliphatic heterocycles. The van der Waals surface area contributed by atoms with Crippen LogP contribution in [0.3, 0.4) is 0 Å². The monoisotopic (exact) mass is 469 g/mol. The summed E-state index contributed by atoms with van der Waals surface area (Å²) in [6.45, 7) is 3.13. The quantitative estimate of drug-likeness (QED) is 0.341. The van der Waals surface area contributed by atoms with Crippen molar-refractivity contribution in [1.29, 1.82) is 0 Å². The Balaban J connectivity index is 1.70. The average molecular weight is 469 g/mol. The first-order chi connectivity index (χ1) is 13.7. The molecule has 2 aliphatic rings. The van der Waals surface area contributed by atoms with E-state index < -0.39 is 51.7 Å². The number of nitrogens with one attached hydrogen (secondary N) is 1. The summed E-state index contributed by atoms with van der Waals surface area (Å²) in [7, 11) is -10.6. The number of fused-ring (bicyclic) bond motifs is 2. The molecule has 6 N–H and O–H groups in total. The lowest BCUT2D eigenvalue weighted by molar-refractivity contribution is -0.226. The largest absolute Gasteiger partial charge is 0.483 e. The second kappa shape index (κ2) is 6.90. The van der Waals surface area contributed by atoms with Crippen molar-refractivity contribution < 1.29 is 46.9 Å². The van der Waals surface area contributed by atoms with Crippen molar-refractivity contribution >= 4 is 32.8 Å². The SMILES string of the molecule is CC1(C)OC2C(O1)[C@H](n1cnc3c(=O)[nH]c(N)nc31)O[C@@H]2OP(=O)(O)OP(=O)(O)O. The molecule has 18 heteroatoms. The number of hydrogen-bond acceptors (Lipinski definition) is 11. The van der Waals surface area contributed by atoms with Gasteiger partial charge in [-0.25, -0.2) is 14.1 Å². The molecule has 2 aromatic rings. The molecule has 2 fully saturated rings. The molecule has 5 atom stereocenters. The van der Waals surface area contributed by atoms with Crippen LogP contribution in [0.4, 0.5) is 5.95 Å². The van der Waals surface area contributed by atoms with E-state index in [-0.39, 0.29) is 17.1 Å². The number of imidazole rings is 1. The molecule has 0 aromatic carbocycles. The molecule has 0 spiro atoms. The summed E-state index contributed by atoms with van der Waals surface area (Å²) in [5.74, 6) is -1.35. The van der Waals surface area contributed by atoms with Crippen LogP contribution in [0.2, 0.25) is 0 Å². The van der Waals surface area contributed by atoms with E-state index in [1.54, 1.807) is 13.8 Å². The van der Waals surface area contributed by atoms with Crippen molar-refractivity contribution in [3.63, 3.8) is 0 Å². The van der Waals surface area contributed by atoms with E-state index in [0.29, 0.717) is 0 Å². The lowest BCUT2D eigenvalue weighted by Crippen LogP contribution is -2.31. The van der Waals surface area contributed by atoms with Crippen molar-refractivity contribution in [2.45, 2.75) is 44.4 Å². The number of aromatic amines is 1. The van der Waals surface area contributed by atoms with Crippen LogP contribution in [0.5, 0.6) is 0 Å². The summed E-state index contributed by atoms with van der Waals surface area (Å²) in [6, 6.07) is 0. The number of nitrogen functional groups attached to an aromatic ring is 1. The molecule has 0 saturated carbocycles. The minimum atomic E-state index is -5.35. The van der Waals surface area contributed by atoms with Crippen LogP contribution in [0.1, 0.15) is 20.1 Å². The van der Waals surface area contributed by atoms with Gasteiger partial charge in [0.25, 0.3) is 5.56 Å². The first-order valence-electron chi connectivity index (χ1n) is 8.26. The van der Waals surface area contributed by atoms with E-state index in [0.717, 1.165) is 0 Å². The van der Waals surface area contributed by atoms with E-state index in [1.165, 1.54) is 10.9 Å². The molecule has 30 heavy (non-hydrogen) atoms. The molecule has 0 aliphatic carbocycles. The van der Waals surface area contributed by atoms with Crippen LogP contribution in [0.15, 0.2) is 11.1 Å². The van der Waals surface area contributed by atoms with Gasteiger partial charge in [-0.2, -0.15) is 9.29 Å². The maximum Gasteiger partial charge on any atom is 0.483 e. The third-order valence-corrected chi connectivity index (χ3v) is 6.31. The number of nitrogens with zero attached hydrogens (tertiary/aromatic N) is 3. The van der Waals surface area contributed by atoms with Gasteiger partial charge in [-0.05, 0) is 13.8 Å². The van der Waals surface area contributed by atoms with Gasteiger partial charge < -0.3 is 34.6 Å². The maximum absolute atomic E-state index is 12.0. The van der Waals surface area contributed by atoms with Crippen LogP contribution in [0.25, 0.3) is 11.2 Å². The molecule has 4 heterocycles. The number of nitrogens with two attached hydrogens (primary N) is 1. The van der Waals surface area contributed by atoms with E-state index in [9.17, 15) is 18.8 Å². The molecular formula is C12H17N5O11P2. The zero-order chi connectivity index (χ0) is 22.1. The molecule has 4 rings (SSSR count). The van der Waals surface area contributed by atoms with Crippen molar-refractivity contribution in [2.75, 3.05) is 5.73 Å². The lowest BCUT2D eigenvalue weighted by Gasteiger charge is -2.25. The molecule has 16 nitrogen and oxygen atoms in total. The number of hydrogen-bond donors (Lipinski definition) is 5. The average Bonchev–Trinajstić information content (AvgIpc) is 3.17. The first kappa shape index (κ1) is 21.5. The highest BCUT2D eigenvalue weighted by atomic mass is 31.3. The molecule has 0 radical (unpaired) electrons. The topological polar surface area (TPSA) is 231 Å². The maximum atomic E-state index is 12.0. The molecule has 2 aromatic heterocycles. The lowest BCUT2D eigenvalue weighted by atomic mass is 10.2. The second-order valence-corrected chi connectivity index (χ2v) is 9.66. The summed E-state index contributed by atoms with van der Waals surface area (Å²) in [5.41, 5.74) is 4.96. The van der Waals surface area contributed by atoms with Crippen LogP contribution in [-0.2, 0) is 32.2 Å². The zero-order valence-electron chi connectivity index (χ0n) is 15.3. The Morgan fingerprint density at radius 1 is 1.27 bits per heavy atom. The predicted molar refractivity (Wildman–Crippen MR) is 94.3 cm³/mol. The fraction of sp³-hybridized carbons (Fsp3) is 0.583. The van der Waals surface area contributed by atoms with Crippen LogP contribution < -0.4 is 11.3 Å². The summed E-state index contributed by atoms with van der Waals surface area (Å²) < 4.78 is 49.8. The zero-order valence-corrected chi connectivity index (χ0v) is 17.1. The van der Waals surface area contributed by atoms with Gasteiger partial charge in [0.15, 0.2) is 23.2 Å². The molecule has 3 unspecified atom stereocenters. The molecular weight excluding hydrogens is 452 g/mol. The van der Waals surface area contributed by atoms with E-state index in [1.807, 2.05) is 0 Å². The Morgan fingerprint density at radius 3 is 2.60 bits per heavy atom. The highest BCUT2D eigenvalue weighted by Crippen LogP contribution is 2.60. The summed E-state index contributed by atoms with van der Waals surface area (Å²) in [6.07, 6.45) is -3.59. The van der Waals surface area contributed by atoms with Crippen molar-refractivity contribution in [2.24, 2.45) is 0 Å². The van der Waals surface area contributed by atoms with Gasteiger partial charge in [0.05, 0.1) is 6.33 Å². The first-order valence-corrected chi connectivity index (χ1v) is 11.3. The van der Waals surface area contributed by atoms with Crippen molar-refractivity contribution in [1.82, 2.24) is 19.5 Å². The number of aromatic nitrogens is 4. The highest BCUT2D eigenvalue weighted by molar-refractivity contribution is 7.60. The molecule has 0 amide bonds. The van der Waals surface area contributed by atoms with Crippen molar-refractivity contribution in [3.05, 3.63) is 16.7 Å². The molecule has 0 bridgehead atoms. The number of ether oxygens (including phenoxy) is 3. The van der Waals surface area contributed by atoms with Gasteiger partial charge in [0.2, 0.25) is 12.2 Å². The highest BCUT2D eigenvalue weighted by Gasteiger charge is 2.58. The van der Waals surface area contributed by atoms with Gasteiger partial charge >= 0.3 is 15.6 Å². The number of rotatable bonds is 5. The van der Waals surface area contributed by atoms with Crippen LogP contribution in [0, 0.1) is 0 Å². The van der Waals surface area contributed by atoms with Crippen LogP contribution in [-0.4, -0.2) is 58.5 Å². The second-order valence-electron chi connectivity index (χ2n) is 6.88. The van der Waals surface area contributed by atoms with Gasteiger partial charge in [0, 0.05) is 0 Å². The Labute approximate surface area is 166 Å². The Bertz CT molecular complexity index is 1140. The summed E-state index contributed by atoms with van der Waals surface area (Å²) in [4.78, 5) is 49.5. The molecule has 166 valence electrons. The normalized spacial score (nSPS) is 30.4. The number of H-pyrrole nitrogens is 1. The van der Waals surface area contributed by atoms with Gasteiger partial charge in [-0.1, -0.05) is 0 Å². The Morgan fingerprint density at radius 2 is 1.93 bits per heavy atom. The van der Waals surface area contributed by atoms with Crippen molar-refractivity contribution in [3.8, 4) is 0 Å².